The summed E-state index contributed by atoms with van der Waals surface area (Å²) in [6.07, 6.45) is 3.70. The molecule has 1 aliphatic rings. The van der Waals surface area contributed by atoms with Crippen molar-refractivity contribution in [3.63, 3.8) is 0 Å². The minimum absolute atomic E-state index is 0.00380. The van der Waals surface area contributed by atoms with Gasteiger partial charge in [-0.1, -0.05) is 19.9 Å². The van der Waals surface area contributed by atoms with E-state index in [-0.39, 0.29) is 6.61 Å². The second-order valence-electron chi connectivity index (χ2n) is 1.88. The standard InChI is InChI=1S/C6H10N2O.C2H6/c7-5-2-1-3-8-6(5)4-9;1-2/h1-2,8-9H,3-4,7H2;1-2H3. The Morgan fingerprint density at radius 2 is 2.27 bits per heavy atom. The highest BCUT2D eigenvalue weighted by atomic mass is 16.3. The second-order valence-corrected chi connectivity index (χ2v) is 1.88. The van der Waals surface area contributed by atoms with Gasteiger partial charge in [-0.25, -0.2) is 0 Å². The molecular weight excluding hydrogens is 140 g/mol. The van der Waals surface area contributed by atoms with Crippen LogP contribution in [0.1, 0.15) is 13.8 Å². The maximum atomic E-state index is 8.63. The molecule has 1 rings (SSSR count). The molecule has 0 atom stereocenters. The Morgan fingerprint density at radius 3 is 2.64 bits per heavy atom. The van der Waals surface area contributed by atoms with Crippen LogP contribution in [0, 0.1) is 0 Å². The van der Waals surface area contributed by atoms with Gasteiger partial charge < -0.3 is 16.2 Å². The number of hydrogen-bond acceptors (Lipinski definition) is 3. The van der Waals surface area contributed by atoms with E-state index in [1.807, 2.05) is 19.9 Å². The van der Waals surface area contributed by atoms with Gasteiger partial charge >= 0.3 is 0 Å². The lowest BCUT2D eigenvalue weighted by Crippen LogP contribution is -2.23. The van der Waals surface area contributed by atoms with Crippen molar-refractivity contribution in [3.8, 4) is 0 Å². The summed E-state index contributed by atoms with van der Waals surface area (Å²) in [4.78, 5) is 0. The summed E-state index contributed by atoms with van der Waals surface area (Å²) in [7, 11) is 0. The van der Waals surface area contributed by atoms with E-state index in [1.165, 1.54) is 0 Å². The Morgan fingerprint density at radius 1 is 1.64 bits per heavy atom. The molecule has 0 spiro atoms. The average Bonchev–Trinajstić information content (AvgIpc) is 2.09. The zero-order valence-corrected chi connectivity index (χ0v) is 7.09. The topological polar surface area (TPSA) is 58.3 Å². The first-order chi connectivity index (χ1) is 5.34. The summed E-state index contributed by atoms with van der Waals surface area (Å²) in [6.45, 7) is 4.76. The third kappa shape index (κ3) is 3.09. The third-order valence-electron chi connectivity index (χ3n) is 1.24. The van der Waals surface area contributed by atoms with Crippen molar-refractivity contribution < 1.29 is 5.11 Å². The van der Waals surface area contributed by atoms with Gasteiger partial charge in [0, 0.05) is 6.54 Å². The number of dihydropyridines is 1. The molecule has 1 aliphatic heterocycles. The van der Waals surface area contributed by atoms with Gasteiger partial charge in [0.05, 0.1) is 18.0 Å². The minimum Gasteiger partial charge on any atom is -0.397 e. The molecule has 0 saturated heterocycles. The molecule has 3 heteroatoms. The molecule has 11 heavy (non-hydrogen) atoms. The largest absolute Gasteiger partial charge is 0.397 e. The fourth-order valence-electron chi connectivity index (χ4n) is 0.718. The van der Waals surface area contributed by atoms with Crippen LogP contribution in [-0.2, 0) is 0 Å². The maximum absolute atomic E-state index is 8.63. The predicted molar refractivity (Wildman–Crippen MR) is 46.8 cm³/mol. The molecule has 0 amide bonds. The van der Waals surface area contributed by atoms with Crippen LogP contribution in [0.4, 0.5) is 0 Å². The number of rotatable bonds is 1. The zero-order chi connectivity index (χ0) is 8.69. The van der Waals surface area contributed by atoms with Crippen LogP contribution in [-0.4, -0.2) is 18.3 Å². The monoisotopic (exact) mass is 156 g/mol. The molecule has 0 fully saturated rings. The van der Waals surface area contributed by atoms with Gasteiger partial charge in [-0.15, -0.1) is 0 Å². The molecule has 1 heterocycles. The Bertz CT molecular complexity index is 161. The van der Waals surface area contributed by atoms with Crippen molar-refractivity contribution in [2.45, 2.75) is 13.8 Å². The van der Waals surface area contributed by atoms with E-state index in [0.29, 0.717) is 5.70 Å². The number of nitrogens with one attached hydrogen (secondary N) is 1. The van der Waals surface area contributed by atoms with Crippen molar-refractivity contribution in [1.82, 2.24) is 5.32 Å². The smallest absolute Gasteiger partial charge is 0.0848 e. The fourth-order valence-corrected chi connectivity index (χ4v) is 0.718. The van der Waals surface area contributed by atoms with Crippen LogP contribution >= 0.6 is 0 Å². The lowest BCUT2D eigenvalue weighted by Gasteiger charge is -2.11. The molecule has 3 nitrogen and oxygen atoms in total. The highest BCUT2D eigenvalue weighted by Gasteiger charge is 2.00. The first-order valence-electron chi connectivity index (χ1n) is 3.84. The molecule has 0 aliphatic carbocycles. The summed E-state index contributed by atoms with van der Waals surface area (Å²) in [5.74, 6) is 0. The van der Waals surface area contributed by atoms with E-state index in [2.05, 4.69) is 5.32 Å². The van der Waals surface area contributed by atoms with Crippen molar-refractivity contribution in [1.29, 1.82) is 0 Å². The van der Waals surface area contributed by atoms with Gasteiger partial charge in [0.15, 0.2) is 0 Å². The van der Waals surface area contributed by atoms with Gasteiger partial charge in [0.25, 0.3) is 0 Å². The van der Waals surface area contributed by atoms with Crippen LogP contribution in [0.25, 0.3) is 0 Å². The number of nitrogens with two attached hydrogens (primary N) is 1. The van der Waals surface area contributed by atoms with Crippen molar-refractivity contribution in [2.24, 2.45) is 5.73 Å². The molecule has 0 aromatic heterocycles. The lowest BCUT2D eigenvalue weighted by molar-refractivity contribution is 0.321. The van der Waals surface area contributed by atoms with Crippen LogP contribution in [0.5, 0.6) is 0 Å². The van der Waals surface area contributed by atoms with Crippen LogP contribution in [0.15, 0.2) is 23.5 Å². The predicted octanol–water partition coefficient (Wildman–Crippen LogP) is 0.335. The zero-order valence-electron chi connectivity index (χ0n) is 7.09. The molecule has 0 bridgehead atoms. The van der Waals surface area contributed by atoms with Gasteiger partial charge in [0.2, 0.25) is 0 Å². The summed E-state index contributed by atoms with van der Waals surface area (Å²) >= 11 is 0. The summed E-state index contributed by atoms with van der Waals surface area (Å²) < 4.78 is 0. The normalized spacial score (nSPS) is 15.2. The molecule has 0 aromatic carbocycles. The third-order valence-corrected chi connectivity index (χ3v) is 1.24. The maximum Gasteiger partial charge on any atom is 0.0848 e. The Labute approximate surface area is 67.6 Å². The molecule has 0 saturated carbocycles. The van der Waals surface area contributed by atoms with Gasteiger partial charge in [-0.05, 0) is 6.08 Å². The summed E-state index contributed by atoms with van der Waals surface area (Å²) in [5.41, 5.74) is 6.81. The van der Waals surface area contributed by atoms with Crippen LogP contribution in [0.3, 0.4) is 0 Å². The SMILES string of the molecule is CC.NC1=C(CO)NCC=C1. The van der Waals surface area contributed by atoms with Crippen LogP contribution in [0.2, 0.25) is 0 Å². The van der Waals surface area contributed by atoms with Crippen LogP contribution < -0.4 is 11.1 Å². The van der Waals surface area contributed by atoms with Crippen molar-refractivity contribution >= 4 is 0 Å². The number of aliphatic hydroxyl groups is 1. The minimum atomic E-state index is -0.00380. The molecular formula is C8H16N2O. The van der Waals surface area contributed by atoms with E-state index >= 15 is 0 Å². The van der Waals surface area contributed by atoms with E-state index in [0.717, 1.165) is 12.2 Å². The average molecular weight is 156 g/mol. The number of aliphatic hydroxyl groups excluding tert-OH is 1. The number of hydrogen-bond donors (Lipinski definition) is 3. The van der Waals surface area contributed by atoms with E-state index < -0.39 is 0 Å². The molecule has 4 N–H and O–H groups in total. The first kappa shape index (κ1) is 10.0. The summed E-state index contributed by atoms with van der Waals surface area (Å²) in [5, 5.41) is 11.6. The molecule has 0 aromatic rings. The molecule has 0 unspecified atom stereocenters. The van der Waals surface area contributed by atoms with E-state index in [1.54, 1.807) is 6.08 Å². The lowest BCUT2D eigenvalue weighted by atomic mass is 10.2. The Kier molecular flexibility index (Phi) is 5.29. The van der Waals surface area contributed by atoms with E-state index in [4.69, 9.17) is 10.8 Å². The van der Waals surface area contributed by atoms with Gasteiger partial charge in [-0.2, -0.15) is 0 Å². The highest BCUT2D eigenvalue weighted by Crippen LogP contribution is 1.99. The highest BCUT2D eigenvalue weighted by molar-refractivity contribution is 5.25. The fraction of sp³-hybridized carbons (Fsp3) is 0.500. The van der Waals surface area contributed by atoms with Gasteiger partial charge in [-0.3, -0.25) is 0 Å². The Balaban J connectivity index is 0.000000461. The number of allylic oxidation sites excluding steroid dienone is 1. The molecule has 64 valence electrons. The summed E-state index contributed by atoms with van der Waals surface area (Å²) in [6, 6.07) is 0. The Hall–Kier alpha value is -0.960. The quantitative estimate of drug-likeness (QED) is 0.513. The molecule has 0 radical (unpaired) electrons. The van der Waals surface area contributed by atoms with E-state index in [9.17, 15) is 0 Å². The van der Waals surface area contributed by atoms with Crippen molar-refractivity contribution in [2.75, 3.05) is 13.2 Å². The second kappa shape index (κ2) is 5.80. The van der Waals surface area contributed by atoms with Crippen molar-refractivity contribution in [3.05, 3.63) is 23.5 Å². The first-order valence-corrected chi connectivity index (χ1v) is 3.84. The van der Waals surface area contributed by atoms with Gasteiger partial charge in [0.1, 0.15) is 0 Å².